The molecular weight excluding hydrogens is 234 g/mol. The Kier molecular flexibility index (Phi) is 3.37. The standard InChI is InChI=1S/C14H20ClNO/c1-14(2)7-11(14)9-16(3)8-10-5-4-6-12(17)13(10)15/h4-6,11,17H,7-9H2,1-3H3/t11-/m0/s1. The summed E-state index contributed by atoms with van der Waals surface area (Å²) in [5.74, 6) is 0.966. The quantitative estimate of drug-likeness (QED) is 0.888. The predicted molar refractivity (Wildman–Crippen MR) is 71.3 cm³/mol. The second-order valence-corrected chi connectivity index (χ2v) is 6.21. The summed E-state index contributed by atoms with van der Waals surface area (Å²) in [6.07, 6.45) is 1.31. The van der Waals surface area contributed by atoms with Crippen LogP contribution in [0.4, 0.5) is 0 Å². The van der Waals surface area contributed by atoms with E-state index in [1.165, 1.54) is 6.42 Å². The van der Waals surface area contributed by atoms with Crippen LogP contribution < -0.4 is 0 Å². The minimum absolute atomic E-state index is 0.171. The fourth-order valence-electron chi connectivity index (χ4n) is 2.31. The number of phenols is 1. The molecule has 1 aromatic carbocycles. The molecule has 0 aromatic heterocycles. The van der Waals surface area contributed by atoms with Gasteiger partial charge in [-0.25, -0.2) is 0 Å². The Balaban J connectivity index is 1.94. The lowest BCUT2D eigenvalue weighted by molar-refractivity contribution is 0.295. The fourth-order valence-corrected chi connectivity index (χ4v) is 2.49. The van der Waals surface area contributed by atoms with Crippen molar-refractivity contribution in [3.63, 3.8) is 0 Å². The van der Waals surface area contributed by atoms with Gasteiger partial charge >= 0.3 is 0 Å². The lowest BCUT2D eigenvalue weighted by Gasteiger charge is -2.18. The van der Waals surface area contributed by atoms with Crippen molar-refractivity contribution in [1.29, 1.82) is 0 Å². The van der Waals surface area contributed by atoms with Crippen LogP contribution in [0.2, 0.25) is 5.02 Å². The largest absolute Gasteiger partial charge is 0.506 e. The SMILES string of the molecule is CN(Cc1cccc(O)c1Cl)C[C@@H]1CC1(C)C. The second kappa shape index (κ2) is 4.51. The Morgan fingerprint density at radius 2 is 2.12 bits per heavy atom. The van der Waals surface area contributed by atoms with Gasteiger partial charge in [0.25, 0.3) is 0 Å². The average molecular weight is 254 g/mol. The van der Waals surface area contributed by atoms with Crippen LogP contribution in [0.1, 0.15) is 25.8 Å². The molecular formula is C14H20ClNO. The van der Waals surface area contributed by atoms with Crippen molar-refractivity contribution < 1.29 is 5.11 Å². The highest BCUT2D eigenvalue weighted by atomic mass is 35.5. The molecule has 1 N–H and O–H groups in total. The minimum atomic E-state index is 0.171. The first-order valence-electron chi connectivity index (χ1n) is 6.05. The van der Waals surface area contributed by atoms with E-state index in [-0.39, 0.29) is 5.75 Å². The van der Waals surface area contributed by atoms with Crippen LogP contribution in [-0.2, 0) is 6.54 Å². The van der Waals surface area contributed by atoms with Crippen LogP contribution in [0, 0.1) is 11.3 Å². The molecule has 0 aliphatic heterocycles. The van der Waals surface area contributed by atoms with E-state index in [1.807, 2.05) is 12.1 Å². The topological polar surface area (TPSA) is 23.5 Å². The summed E-state index contributed by atoms with van der Waals surface area (Å²) < 4.78 is 0. The minimum Gasteiger partial charge on any atom is -0.506 e. The van der Waals surface area contributed by atoms with Gasteiger partial charge in [0.15, 0.2) is 0 Å². The number of phenolic OH excluding ortho intramolecular Hbond substituents is 1. The summed E-state index contributed by atoms with van der Waals surface area (Å²) in [5, 5.41) is 10.0. The Labute approximate surface area is 108 Å². The predicted octanol–water partition coefficient (Wildman–Crippen LogP) is 3.52. The molecule has 0 unspecified atom stereocenters. The van der Waals surface area contributed by atoms with Crippen LogP contribution >= 0.6 is 11.6 Å². The van der Waals surface area contributed by atoms with E-state index in [4.69, 9.17) is 11.6 Å². The van der Waals surface area contributed by atoms with Gasteiger partial charge in [-0.15, -0.1) is 0 Å². The molecule has 2 nitrogen and oxygen atoms in total. The third-order valence-electron chi connectivity index (χ3n) is 3.75. The summed E-state index contributed by atoms with van der Waals surface area (Å²) in [4.78, 5) is 2.28. The van der Waals surface area contributed by atoms with E-state index in [0.717, 1.165) is 24.6 Å². The van der Waals surface area contributed by atoms with Gasteiger partial charge in [0.2, 0.25) is 0 Å². The van der Waals surface area contributed by atoms with Crippen molar-refractivity contribution in [3.8, 4) is 5.75 Å². The molecule has 0 amide bonds. The third-order valence-corrected chi connectivity index (χ3v) is 4.18. The molecule has 0 bridgehead atoms. The zero-order valence-electron chi connectivity index (χ0n) is 10.7. The van der Waals surface area contributed by atoms with Gasteiger partial charge in [-0.05, 0) is 36.4 Å². The molecule has 0 radical (unpaired) electrons. The van der Waals surface area contributed by atoms with E-state index in [1.54, 1.807) is 6.07 Å². The first-order chi connectivity index (χ1) is 7.90. The van der Waals surface area contributed by atoms with E-state index < -0.39 is 0 Å². The van der Waals surface area contributed by atoms with E-state index >= 15 is 0 Å². The van der Waals surface area contributed by atoms with Crippen molar-refractivity contribution in [2.45, 2.75) is 26.8 Å². The number of nitrogens with zero attached hydrogens (tertiary/aromatic N) is 1. The lowest BCUT2D eigenvalue weighted by atomic mass is 10.1. The molecule has 1 aliphatic carbocycles. The van der Waals surface area contributed by atoms with Crippen molar-refractivity contribution >= 4 is 11.6 Å². The van der Waals surface area contributed by atoms with Crippen LogP contribution in [0.25, 0.3) is 0 Å². The molecule has 1 fully saturated rings. The number of halogens is 1. The van der Waals surface area contributed by atoms with Gasteiger partial charge in [0, 0.05) is 13.1 Å². The first-order valence-corrected chi connectivity index (χ1v) is 6.43. The molecule has 1 atom stereocenters. The maximum Gasteiger partial charge on any atom is 0.134 e. The highest BCUT2D eigenvalue weighted by molar-refractivity contribution is 6.32. The summed E-state index contributed by atoms with van der Waals surface area (Å²) in [5.41, 5.74) is 1.50. The maximum atomic E-state index is 9.54. The smallest absolute Gasteiger partial charge is 0.134 e. The van der Waals surface area contributed by atoms with Gasteiger partial charge in [0.1, 0.15) is 5.75 Å². The summed E-state index contributed by atoms with van der Waals surface area (Å²) in [6, 6.07) is 5.43. The average Bonchev–Trinajstić information content (AvgIpc) is 2.81. The number of rotatable bonds is 4. The zero-order valence-corrected chi connectivity index (χ0v) is 11.5. The third kappa shape index (κ3) is 2.93. The fraction of sp³-hybridized carbons (Fsp3) is 0.571. The molecule has 17 heavy (non-hydrogen) atoms. The Morgan fingerprint density at radius 1 is 1.47 bits per heavy atom. The van der Waals surface area contributed by atoms with Crippen LogP contribution in [0.5, 0.6) is 5.75 Å². The molecule has 1 aromatic rings. The normalized spacial score (nSPS) is 21.8. The monoisotopic (exact) mass is 253 g/mol. The van der Waals surface area contributed by atoms with Crippen LogP contribution in [0.15, 0.2) is 18.2 Å². The number of aromatic hydroxyl groups is 1. The van der Waals surface area contributed by atoms with E-state index in [0.29, 0.717) is 10.4 Å². The van der Waals surface area contributed by atoms with Gasteiger partial charge in [0.05, 0.1) is 5.02 Å². The summed E-state index contributed by atoms with van der Waals surface area (Å²) >= 11 is 6.07. The molecule has 1 saturated carbocycles. The highest BCUT2D eigenvalue weighted by Crippen LogP contribution is 2.51. The van der Waals surface area contributed by atoms with Crippen molar-refractivity contribution in [3.05, 3.63) is 28.8 Å². The van der Waals surface area contributed by atoms with Crippen molar-refractivity contribution in [2.24, 2.45) is 11.3 Å². The molecule has 94 valence electrons. The number of hydrogen-bond acceptors (Lipinski definition) is 2. The van der Waals surface area contributed by atoms with Crippen molar-refractivity contribution in [1.82, 2.24) is 4.90 Å². The van der Waals surface area contributed by atoms with E-state index in [9.17, 15) is 5.11 Å². The van der Waals surface area contributed by atoms with Gasteiger partial charge < -0.3 is 10.0 Å². The highest BCUT2D eigenvalue weighted by Gasteiger charge is 2.45. The number of hydrogen-bond donors (Lipinski definition) is 1. The Morgan fingerprint density at radius 3 is 2.71 bits per heavy atom. The lowest BCUT2D eigenvalue weighted by Crippen LogP contribution is -2.22. The van der Waals surface area contributed by atoms with Gasteiger partial charge in [-0.3, -0.25) is 0 Å². The van der Waals surface area contributed by atoms with Crippen molar-refractivity contribution in [2.75, 3.05) is 13.6 Å². The van der Waals surface area contributed by atoms with E-state index in [2.05, 4.69) is 25.8 Å². The molecule has 3 heteroatoms. The van der Waals surface area contributed by atoms with Crippen LogP contribution in [-0.4, -0.2) is 23.6 Å². The van der Waals surface area contributed by atoms with Crippen LogP contribution in [0.3, 0.4) is 0 Å². The maximum absolute atomic E-state index is 9.54. The molecule has 1 aliphatic rings. The zero-order chi connectivity index (χ0) is 12.6. The first kappa shape index (κ1) is 12.7. The van der Waals surface area contributed by atoms with Gasteiger partial charge in [-0.1, -0.05) is 37.6 Å². The summed E-state index contributed by atoms with van der Waals surface area (Å²) in [7, 11) is 2.11. The molecule has 0 spiro atoms. The molecule has 0 saturated heterocycles. The Bertz CT molecular complexity index is 417. The second-order valence-electron chi connectivity index (χ2n) is 5.84. The molecule has 0 heterocycles. The van der Waals surface area contributed by atoms with Gasteiger partial charge in [-0.2, -0.15) is 0 Å². The Hall–Kier alpha value is -0.730. The summed E-state index contributed by atoms with van der Waals surface area (Å²) in [6.45, 7) is 6.51. The number of benzene rings is 1. The molecule has 2 rings (SSSR count).